The number of nitrogens with one attached hydrogen (secondary N) is 1. The Morgan fingerprint density at radius 2 is 1.95 bits per heavy atom. The van der Waals surface area contributed by atoms with Gasteiger partial charge < -0.3 is 11.1 Å². The van der Waals surface area contributed by atoms with Gasteiger partial charge in [-0.3, -0.25) is 0 Å². The number of hydrogen-bond donors (Lipinski definition) is 2. The molecule has 3 N–H and O–H groups in total. The monoisotopic (exact) mass is 264 g/mol. The maximum atomic E-state index is 5.90. The summed E-state index contributed by atoms with van der Waals surface area (Å²) in [4.78, 5) is 8.72. The number of guanidine groups is 1. The number of benzene rings is 1. The van der Waals surface area contributed by atoms with Gasteiger partial charge in [0.15, 0.2) is 17.8 Å². The highest BCUT2D eigenvalue weighted by Gasteiger charge is 2.25. The molecule has 0 saturated carbocycles. The Morgan fingerprint density at radius 3 is 2.80 bits per heavy atom. The van der Waals surface area contributed by atoms with E-state index in [1.807, 2.05) is 47.1 Å². The Balaban J connectivity index is 1.96. The van der Waals surface area contributed by atoms with Gasteiger partial charge in [0.2, 0.25) is 0 Å². The zero-order chi connectivity index (χ0) is 13.5. The second-order valence-electron chi connectivity index (χ2n) is 4.59. The molecule has 1 aromatic carbocycles. The van der Waals surface area contributed by atoms with E-state index in [-0.39, 0.29) is 6.17 Å². The zero-order valence-electron chi connectivity index (χ0n) is 10.6. The quantitative estimate of drug-likeness (QED) is 0.701. The van der Waals surface area contributed by atoms with E-state index in [0.29, 0.717) is 11.6 Å². The smallest absolute Gasteiger partial charge is 0.196 e. The van der Waals surface area contributed by atoms with Crippen LogP contribution in [0.3, 0.4) is 0 Å². The summed E-state index contributed by atoms with van der Waals surface area (Å²) >= 11 is 0. The molecule has 0 saturated heterocycles. The summed E-state index contributed by atoms with van der Waals surface area (Å²) in [6.45, 7) is 0. The summed E-state index contributed by atoms with van der Waals surface area (Å²) in [5.74, 6) is 1.21. The molecule has 6 nitrogen and oxygen atoms in total. The van der Waals surface area contributed by atoms with E-state index in [1.54, 1.807) is 6.20 Å². The second-order valence-corrected chi connectivity index (χ2v) is 4.59. The molecule has 2 aromatic heterocycles. The number of pyridine rings is 1. The van der Waals surface area contributed by atoms with Crippen LogP contribution < -0.4 is 11.1 Å². The fourth-order valence-corrected chi connectivity index (χ4v) is 2.42. The van der Waals surface area contributed by atoms with E-state index in [1.165, 1.54) is 0 Å². The average molecular weight is 264 g/mol. The molecule has 0 bridgehead atoms. The van der Waals surface area contributed by atoms with Crippen molar-refractivity contribution in [2.45, 2.75) is 6.17 Å². The molecule has 0 radical (unpaired) electrons. The fraction of sp³-hybridized carbons (Fsp3) is 0.0714. The van der Waals surface area contributed by atoms with E-state index < -0.39 is 0 Å². The lowest BCUT2D eigenvalue weighted by molar-refractivity contribution is 0.546. The molecule has 6 heteroatoms. The van der Waals surface area contributed by atoms with E-state index >= 15 is 0 Å². The highest BCUT2D eigenvalue weighted by atomic mass is 15.4. The van der Waals surface area contributed by atoms with Gasteiger partial charge in [-0.2, -0.15) is 0 Å². The molecule has 3 heterocycles. The van der Waals surface area contributed by atoms with Gasteiger partial charge in [-0.1, -0.05) is 30.3 Å². The van der Waals surface area contributed by atoms with E-state index in [4.69, 9.17) is 5.73 Å². The third kappa shape index (κ3) is 1.55. The predicted molar refractivity (Wildman–Crippen MR) is 77.4 cm³/mol. The van der Waals surface area contributed by atoms with Gasteiger partial charge in [0.1, 0.15) is 5.82 Å². The van der Waals surface area contributed by atoms with Crippen molar-refractivity contribution in [3.8, 4) is 0 Å². The Hall–Kier alpha value is -2.89. The topological polar surface area (TPSA) is 81.1 Å². The van der Waals surface area contributed by atoms with Gasteiger partial charge in [0.05, 0.1) is 5.39 Å². The van der Waals surface area contributed by atoms with Gasteiger partial charge in [-0.25, -0.2) is 14.7 Å². The number of rotatable bonds is 1. The van der Waals surface area contributed by atoms with E-state index in [9.17, 15) is 0 Å². The van der Waals surface area contributed by atoms with Crippen LogP contribution in [0.15, 0.2) is 53.7 Å². The van der Waals surface area contributed by atoms with Crippen LogP contribution in [0.2, 0.25) is 0 Å². The molecule has 0 aliphatic carbocycles. The minimum atomic E-state index is -0.262. The largest absolute Gasteiger partial charge is 0.370 e. The normalized spacial score (nSPS) is 17.4. The molecule has 0 spiro atoms. The first-order valence-electron chi connectivity index (χ1n) is 6.31. The number of nitrogens with zero attached hydrogens (tertiary/aromatic N) is 4. The van der Waals surface area contributed by atoms with Crippen molar-refractivity contribution in [3.63, 3.8) is 0 Å². The number of aliphatic imine (C=N–C) groups is 1. The summed E-state index contributed by atoms with van der Waals surface area (Å²) in [5.41, 5.74) is 7.62. The molecule has 1 aliphatic heterocycles. The third-order valence-electron chi connectivity index (χ3n) is 3.31. The molecule has 0 amide bonds. The molecule has 4 rings (SSSR count). The van der Waals surface area contributed by atoms with Crippen LogP contribution in [0.5, 0.6) is 0 Å². The average Bonchev–Trinajstić information content (AvgIpc) is 2.86. The van der Waals surface area contributed by atoms with E-state index in [2.05, 4.69) is 20.4 Å². The predicted octanol–water partition coefficient (Wildman–Crippen LogP) is 1.72. The zero-order valence-corrected chi connectivity index (χ0v) is 10.6. The maximum absolute atomic E-state index is 5.90. The standard InChI is InChI=1S/C14H12N6/c15-14-17-12(9-5-2-1-3-6-9)20-13(18-14)10-7-4-8-16-11(10)19-20/h1-8,12H,(H3,15,17,18). The van der Waals surface area contributed by atoms with Crippen molar-refractivity contribution in [2.24, 2.45) is 10.7 Å². The SMILES string of the molecule is NC1=NC(c2ccccc2)n2nc3ncccc3c2N1. The van der Waals surface area contributed by atoms with Crippen molar-refractivity contribution < 1.29 is 0 Å². The Labute approximate surface area is 115 Å². The molecule has 1 aliphatic rings. The van der Waals surface area contributed by atoms with Gasteiger partial charge in [-0.05, 0) is 17.7 Å². The number of hydrogen-bond acceptors (Lipinski definition) is 5. The molecule has 3 aromatic rings. The van der Waals surface area contributed by atoms with Gasteiger partial charge >= 0.3 is 0 Å². The van der Waals surface area contributed by atoms with Crippen LogP contribution in [-0.4, -0.2) is 20.7 Å². The van der Waals surface area contributed by atoms with E-state index in [0.717, 1.165) is 16.8 Å². The van der Waals surface area contributed by atoms with Gasteiger partial charge in [0, 0.05) is 6.20 Å². The Kier molecular flexibility index (Phi) is 2.23. The summed E-state index contributed by atoms with van der Waals surface area (Å²) in [6, 6.07) is 13.8. The summed E-state index contributed by atoms with van der Waals surface area (Å²) < 4.78 is 1.82. The molecule has 98 valence electrons. The molecule has 1 unspecified atom stereocenters. The van der Waals surface area contributed by atoms with Gasteiger partial charge in [0.25, 0.3) is 0 Å². The van der Waals surface area contributed by atoms with Crippen molar-refractivity contribution in [3.05, 3.63) is 54.2 Å². The number of anilines is 1. The third-order valence-corrected chi connectivity index (χ3v) is 3.31. The molecular formula is C14H12N6. The van der Waals surface area contributed by atoms with Crippen LogP contribution in [0, 0.1) is 0 Å². The summed E-state index contributed by atoms with van der Waals surface area (Å²) in [5, 5.41) is 8.53. The highest BCUT2D eigenvalue weighted by Crippen LogP contribution is 2.31. The first-order valence-corrected chi connectivity index (χ1v) is 6.31. The van der Waals surface area contributed by atoms with Gasteiger partial charge in [-0.15, -0.1) is 5.10 Å². The van der Waals surface area contributed by atoms with Crippen molar-refractivity contribution in [2.75, 3.05) is 5.32 Å². The van der Waals surface area contributed by atoms with Crippen LogP contribution >= 0.6 is 0 Å². The first-order chi connectivity index (χ1) is 9.83. The minimum Gasteiger partial charge on any atom is -0.370 e. The molecule has 20 heavy (non-hydrogen) atoms. The summed E-state index contributed by atoms with van der Waals surface area (Å²) in [6.07, 6.45) is 1.46. The van der Waals surface area contributed by atoms with Crippen LogP contribution in [0.4, 0.5) is 5.82 Å². The van der Waals surface area contributed by atoms with Crippen LogP contribution in [-0.2, 0) is 0 Å². The Morgan fingerprint density at radius 1 is 1.10 bits per heavy atom. The van der Waals surface area contributed by atoms with Crippen molar-refractivity contribution in [1.82, 2.24) is 14.8 Å². The summed E-state index contributed by atoms with van der Waals surface area (Å²) in [7, 11) is 0. The van der Waals surface area contributed by atoms with Crippen molar-refractivity contribution >= 4 is 22.8 Å². The number of nitrogens with two attached hydrogens (primary N) is 1. The molecule has 1 atom stereocenters. The van der Waals surface area contributed by atoms with Crippen LogP contribution in [0.1, 0.15) is 11.7 Å². The lowest BCUT2D eigenvalue weighted by atomic mass is 10.1. The Bertz CT molecular complexity index is 805. The maximum Gasteiger partial charge on any atom is 0.196 e. The minimum absolute atomic E-state index is 0.262. The highest BCUT2D eigenvalue weighted by molar-refractivity contribution is 6.00. The lowest BCUT2D eigenvalue weighted by Gasteiger charge is -2.22. The van der Waals surface area contributed by atoms with Crippen molar-refractivity contribution in [1.29, 1.82) is 0 Å². The molecular weight excluding hydrogens is 252 g/mol. The van der Waals surface area contributed by atoms with Crippen LogP contribution in [0.25, 0.3) is 11.0 Å². The number of fused-ring (bicyclic) bond motifs is 3. The first kappa shape index (κ1) is 11.0. The number of aromatic nitrogens is 3. The fourth-order valence-electron chi connectivity index (χ4n) is 2.42. The molecule has 0 fully saturated rings. The lowest BCUT2D eigenvalue weighted by Crippen LogP contribution is -2.31. The second kappa shape index (κ2) is 4.06.